The van der Waals surface area contributed by atoms with E-state index in [-0.39, 0.29) is 12.4 Å². The highest BCUT2D eigenvalue weighted by atomic mass is 35.5. The number of hydrogen-bond donors (Lipinski definition) is 1. The van der Waals surface area contributed by atoms with Crippen LogP contribution in [0.3, 0.4) is 0 Å². The van der Waals surface area contributed by atoms with Crippen molar-refractivity contribution in [3.8, 4) is 0 Å². The maximum absolute atomic E-state index is 6.61. The molecule has 0 radical (unpaired) electrons. The van der Waals surface area contributed by atoms with Gasteiger partial charge in [-0.25, -0.2) is 0 Å². The van der Waals surface area contributed by atoms with E-state index >= 15 is 0 Å². The fourth-order valence-electron chi connectivity index (χ4n) is 2.71. The van der Waals surface area contributed by atoms with Crippen LogP contribution < -0.4 is 5.73 Å². The van der Waals surface area contributed by atoms with Crippen molar-refractivity contribution in [3.05, 3.63) is 69.2 Å². The minimum atomic E-state index is -0.440. The van der Waals surface area contributed by atoms with Crippen molar-refractivity contribution < 1.29 is 0 Å². The highest BCUT2D eigenvalue weighted by Gasteiger charge is 2.36. The van der Waals surface area contributed by atoms with Crippen molar-refractivity contribution in [2.75, 3.05) is 0 Å². The van der Waals surface area contributed by atoms with Crippen LogP contribution in [0.15, 0.2) is 42.5 Å². The standard InChI is InChI=1S/C15H13Cl2N.ClH/c16-13-6-5-11(9-14(13)17)15(18)8-7-10-3-1-2-4-12(10)15;/h1-6,9H,7-8,18H2;1H. The summed E-state index contributed by atoms with van der Waals surface area (Å²) in [4.78, 5) is 0. The first kappa shape index (κ1) is 14.7. The summed E-state index contributed by atoms with van der Waals surface area (Å²) >= 11 is 12.1. The van der Waals surface area contributed by atoms with Crippen molar-refractivity contribution >= 4 is 35.6 Å². The molecule has 1 aliphatic rings. The Labute approximate surface area is 129 Å². The van der Waals surface area contributed by atoms with Crippen molar-refractivity contribution in [3.63, 3.8) is 0 Å². The number of benzene rings is 2. The van der Waals surface area contributed by atoms with Gasteiger partial charge in [-0.2, -0.15) is 0 Å². The van der Waals surface area contributed by atoms with Crippen molar-refractivity contribution in [1.29, 1.82) is 0 Å². The van der Waals surface area contributed by atoms with Crippen LogP contribution in [0.1, 0.15) is 23.1 Å². The van der Waals surface area contributed by atoms with Gasteiger partial charge < -0.3 is 5.73 Å². The molecule has 2 N–H and O–H groups in total. The zero-order valence-corrected chi connectivity index (χ0v) is 12.5. The molecule has 19 heavy (non-hydrogen) atoms. The molecule has 0 aliphatic heterocycles. The van der Waals surface area contributed by atoms with Crippen LogP contribution in [0, 0.1) is 0 Å². The molecule has 1 atom stereocenters. The summed E-state index contributed by atoms with van der Waals surface area (Å²) < 4.78 is 0. The molecule has 4 heteroatoms. The van der Waals surface area contributed by atoms with Crippen LogP contribution in [0.5, 0.6) is 0 Å². The van der Waals surface area contributed by atoms with Gasteiger partial charge in [0, 0.05) is 0 Å². The van der Waals surface area contributed by atoms with Crippen LogP contribution in [0.25, 0.3) is 0 Å². The van der Waals surface area contributed by atoms with E-state index in [4.69, 9.17) is 28.9 Å². The van der Waals surface area contributed by atoms with Crippen molar-refractivity contribution in [2.45, 2.75) is 18.4 Å². The van der Waals surface area contributed by atoms with Gasteiger partial charge in [0.2, 0.25) is 0 Å². The first-order chi connectivity index (χ1) is 8.61. The Bertz CT molecular complexity index is 612. The molecule has 0 saturated heterocycles. The van der Waals surface area contributed by atoms with Crippen LogP contribution in [0.2, 0.25) is 10.0 Å². The highest BCUT2D eigenvalue weighted by molar-refractivity contribution is 6.42. The van der Waals surface area contributed by atoms with Gasteiger partial charge in [-0.05, 0) is 41.7 Å². The van der Waals surface area contributed by atoms with Gasteiger partial charge >= 0.3 is 0 Å². The van der Waals surface area contributed by atoms with E-state index in [0.717, 1.165) is 18.4 Å². The lowest BCUT2D eigenvalue weighted by atomic mass is 9.85. The summed E-state index contributed by atoms with van der Waals surface area (Å²) in [7, 11) is 0. The molecule has 1 aliphatic carbocycles. The lowest BCUT2D eigenvalue weighted by Gasteiger charge is -2.26. The molecule has 0 bridgehead atoms. The molecule has 3 rings (SSSR count). The lowest BCUT2D eigenvalue weighted by molar-refractivity contribution is 0.535. The second kappa shape index (κ2) is 5.34. The minimum absolute atomic E-state index is 0. The number of rotatable bonds is 1. The van der Waals surface area contributed by atoms with Crippen LogP contribution in [-0.2, 0) is 12.0 Å². The molecule has 0 heterocycles. The number of fused-ring (bicyclic) bond motifs is 1. The summed E-state index contributed by atoms with van der Waals surface area (Å²) in [6.07, 6.45) is 1.91. The minimum Gasteiger partial charge on any atom is -0.318 e. The zero-order valence-electron chi connectivity index (χ0n) is 10.2. The monoisotopic (exact) mass is 313 g/mol. The summed E-state index contributed by atoms with van der Waals surface area (Å²) in [6.45, 7) is 0. The van der Waals surface area contributed by atoms with Gasteiger partial charge in [0.1, 0.15) is 0 Å². The van der Waals surface area contributed by atoms with Crippen LogP contribution in [0.4, 0.5) is 0 Å². The van der Waals surface area contributed by atoms with E-state index in [1.165, 1.54) is 11.1 Å². The SMILES string of the molecule is Cl.NC1(c2ccc(Cl)c(Cl)c2)CCc2ccccc21. The van der Waals surface area contributed by atoms with Crippen molar-refractivity contribution in [2.24, 2.45) is 5.73 Å². The zero-order chi connectivity index (χ0) is 12.8. The molecule has 1 nitrogen and oxygen atoms in total. The van der Waals surface area contributed by atoms with E-state index < -0.39 is 5.54 Å². The molecule has 0 fully saturated rings. The molecule has 2 aromatic carbocycles. The van der Waals surface area contributed by atoms with E-state index in [9.17, 15) is 0 Å². The average Bonchev–Trinajstić information content (AvgIpc) is 2.73. The van der Waals surface area contributed by atoms with Crippen LogP contribution >= 0.6 is 35.6 Å². The molecular formula is C15H14Cl3N. The smallest absolute Gasteiger partial charge is 0.0671 e. The second-order valence-electron chi connectivity index (χ2n) is 4.76. The Morgan fingerprint density at radius 2 is 1.74 bits per heavy atom. The maximum atomic E-state index is 6.61. The molecule has 2 aromatic rings. The molecule has 0 spiro atoms. The summed E-state index contributed by atoms with van der Waals surface area (Å²) in [6, 6.07) is 14.0. The normalized spacial score (nSPS) is 20.8. The van der Waals surface area contributed by atoms with E-state index in [1.54, 1.807) is 0 Å². The second-order valence-corrected chi connectivity index (χ2v) is 5.57. The predicted molar refractivity (Wildman–Crippen MR) is 83.4 cm³/mol. The van der Waals surface area contributed by atoms with Gasteiger partial charge in [0.05, 0.1) is 15.6 Å². The molecule has 0 aromatic heterocycles. The van der Waals surface area contributed by atoms with E-state index in [0.29, 0.717) is 10.0 Å². The Morgan fingerprint density at radius 1 is 1.00 bits per heavy atom. The molecule has 100 valence electrons. The molecule has 0 saturated carbocycles. The third kappa shape index (κ3) is 2.36. The van der Waals surface area contributed by atoms with Crippen LogP contribution in [-0.4, -0.2) is 0 Å². The number of aryl methyl sites for hydroxylation is 1. The van der Waals surface area contributed by atoms with Gasteiger partial charge in [-0.3, -0.25) is 0 Å². The Balaban J connectivity index is 0.00000133. The predicted octanol–water partition coefficient (Wildman–Crippen LogP) is 4.56. The summed E-state index contributed by atoms with van der Waals surface area (Å²) in [5.74, 6) is 0. The fraction of sp³-hybridized carbons (Fsp3) is 0.200. The Morgan fingerprint density at radius 3 is 2.47 bits per heavy atom. The fourth-order valence-corrected chi connectivity index (χ4v) is 3.01. The first-order valence-corrected chi connectivity index (χ1v) is 6.70. The third-order valence-corrected chi connectivity index (χ3v) is 4.46. The largest absolute Gasteiger partial charge is 0.318 e. The topological polar surface area (TPSA) is 26.0 Å². The molecule has 1 unspecified atom stereocenters. The van der Waals surface area contributed by atoms with Gasteiger partial charge in [-0.1, -0.05) is 53.5 Å². The quantitative estimate of drug-likeness (QED) is 0.820. The highest BCUT2D eigenvalue weighted by Crippen LogP contribution is 2.41. The lowest BCUT2D eigenvalue weighted by Crippen LogP contribution is -2.35. The third-order valence-electron chi connectivity index (χ3n) is 3.72. The maximum Gasteiger partial charge on any atom is 0.0671 e. The van der Waals surface area contributed by atoms with Gasteiger partial charge in [0.25, 0.3) is 0 Å². The Hall–Kier alpha value is -0.730. The molecular weight excluding hydrogens is 301 g/mol. The van der Waals surface area contributed by atoms with Gasteiger partial charge in [-0.15, -0.1) is 12.4 Å². The van der Waals surface area contributed by atoms with E-state index in [1.807, 2.05) is 24.3 Å². The average molecular weight is 315 g/mol. The van der Waals surface area contributed by atoms with Gasteiger partial charge in [0.15, 0.2) is 0 Å². The first-order valence-electron chi connectivity index (χ1n) is 5.94. The summed E-state index contributed by atoms with van der Waals surface area (Å²) in [5.41, 5.74) is 9.72. The number of nitrogens with two attached hydrogens (primary N) is 1. The number of halogens is 3. The summed E-state index contributed by atoms with van der Waals surface area (Å²) in [5, 5.41) is 1.12. The molecule has 0 amide bonds. The number of hydrogen-bond acceptors (Lipinski definition) is 1. The van der Waals surface area contributed by atoms with E-state index in [2.05, 4.69) is 18.2 Å². The van der Waals surface area contributed by atoms with Crippen molar-refractivity contribution in [1.82, 2.24) is 0 Å². The Kier molecular flexibility index (Phi) is 4.12.